The van der Waals surface area contributed by atoms with Gasteiger partial charge in [-0.2, -0.15) is 5.10 Å². The minimum atomic E-state index is -0.488. The van der Waals surface area contributed by atoms with Crippen molar-refractivity contribution >= 4 is 10.9 Å². The second kappa shape index (κ2) is 8.07. The standard InChI is InChI=1S/C24H25N5O2/c1-28-14-18(13-27-28)20-8-7-17(12-25-20)10-16-6-9-21-19(11-16)24(31)29(15-26-21)22-4-2-3-5-23(22)30/h6-9,11-15,22-23,30H,2-5,10H2,1H3/t22-,23-/m0/s1. The lowest BCUT2D eigenvalue weighted by molar-refractivity contribution is 0.0735. The summed E-state index contributed by atoms with van der Waals surface area (Å²) in [5, 5.41) is 15.2. The van der Waals surface area contributed by atoms with Crippen molar-refractivity contribution in [3.05, 3.63) is 76.7 Å². The van der Waals surface area contributed by atoms with Gasteiger partial charge in [0.1, 0.15) is 0 Å². The topological polar surface area (TPSA) is 85.8 Å². The Kier molecular flexibility index (Phi) is 5.11. The second-order valence-electron chi connectivity index (χ2n) is 8.36. The highest BCUT2D eigenvalue weighted by atomic mass is 16.3. The molecule has 0 aliphatic heterocycles. The van der Waals surface area contributed by atoms with Crippen LogP contribution >= 0.6 is 0 Å². The number of fused-ring (bicyclic) bond motifs is 1. The minimum absolute atomic E-state index is 0.0807. The first kappa shape index (κ1) is 19.6. The average Bonchev–Trinajstić information content (AvgIpc) is 3.22. The maximum Gasteiger partial charge on any atom is 0.261 e. The van der Waals surface area contributed by atoms with E-state index in [1.165, 1.54) is 0 Å². The Morgan fingerprint density at radius 1 is 1.06 bits per heavy atom. The molecule has 0 saturated heterocycles. The third-order valence-corrected chi connectivity index (χ3v) is 6.13. The van der Waals surface area contributed by atoms with Crippen LogP contribution in [0.2, 0.25) is 0 Å². The fraction of sp³-hybridized carbons (Fsp3) is 0.333. The van der Waals surface area contributed by atoms with Gasteiger partial charge in [-0.05, 0) is 48.6 Å². The first-order valence-electron chi connectivity index (χ1n) is 10.7. The summed E-state index contributed by atoms with van der Waals surface area (Å²) >= 11 is 0. The van der Waals surface area contributed by atoms with Crippen molar-refractivity contribution < 1.29 is 5.11 Å². The first-order chi connectivity index (χ1) is 15.1. The number of pyridine rings is 1. The summed E-state index contributed by atoms with van der Waals surface area (Å²) in [6.45, 7) is 0. The van der Waals surface area contributed by atoms with Gasteiger partial charge in [-0.15, -0.1) is 0 Å². The maximum atomic E-state index is 13.2. The number of aryl methyl sites for hydroxylation is 1. The van der Waals surface area contributed by atoms with E-state index in [0.717, 1.165) is 48.1 Å². The summed E-state index contributed by atoms with van der Waals surface area (Å²) in [4.78, 5) is 22.2. The smallest absolute Gasteiger partial charge is 0.261 e. The fourth-order valence-corrected chi connectivity index (χ4v) is 4.43. The normalized spacial score (nSPS) is 19.0. The lowest BCUT2D eigenvalue weighted by atomic mass is 9.92. The Hall–Kier alpha value is -3.32. The number of nitrogens with zero attached hydrogens (tertiary/aromatic N) is 5. The van der Waals surface area contributed by atoms with Gasteiger partial charge in [0, 0.05) is 25.0 Å². The molecular weight excluding hydrogens is 390 g/mol. The van der Waals surface area contributed by atoms with E-state index in [2.05, 4.69) is 21.1 Å². The van der Waals surface area contributed by atoms with Crippen molar-refractivity contribution in [2.24, 2.45) is 7.05 Å². The SMILES string of the molecule is Cn1cc(-c2ccc(Cc3ccc4ncn([C@H]5CCCC[C@@H]5O)c(=O)c4c3)cn2)cn1. The molecule has 0 unspecified atom stereocenters. The van der Waals surface area contributed by atoms with Gasteiger partial charge in [0.25, 0.3) is 5.56 Å². The molecule has 0 radical (unpaired) electrons. The molecule has 7 heteroatoms. The molecule has 1 aliphatic carbocycles. The van der Waals surface area contributed by atoms with E-state index >= 15 is 0 Å². The van der Waals surface area contributed by atoms with Crippen LogP contribution in [0.5, 0.6) is 0 Å². The van der Waals surface area contributed by atoms with Gasteiger partial charge in [0.05, 0.1) is 41.3 Å². The van der Waals surface area contributed by atoms with Crippen LogP contribution in [0.3, 0.4) is 0 Å². The Morgan fingerprint density at radius 2 is 1.90 bits per heavy atom. The van der Waals surface area contributed by atoms with Gasteiger partial charge in [-0.3, -0.25) is 19.0 Å². The molecule has 1 fully saturated rings. The molecule has 1 aliphatic rings. The molecule has 1 saturated carbocycles. The molecule has 1 aromatic carbocycles. The van der Waals surface area contributed by atoms with E-state index in [4.69, 9.17) is 0 Å². The van der Waals surface area contributed by atoms with Crippen LogP contribution in [0.1, 0.15) is 42.9 Å². The molecule has 158 valence electrons. The predicted octanol–water partition coefficient (Wildman–Crippen LogP) is 3.26. The van der Waals surface area contributed by atoms with Gasteiger partial charge in [0.15, 0.2) is 0 Å². The molecule has 3 aromatic heterocycles. The molecule has 7 nitrogen and oxygen atoms in total. The van der Waals surface area contributed by atoms with Crippen LogP contribution in [-0.2, 0) is 13.5 Å². The van der Waals surface area contributed by atoms with Gasteiger partial charge in [-0.1, -0.05) is 25.0 Å². The quantitative estimate of drug-likeness (QED) is 0.553. The van der Waals surface area contributed by atoms with Crippen LogP contribution in [0.4, 0.5) is 0 Å². The lowest BCUT2D eigenvalue weighted by Crippen LogP contribution is -2.34. The van der Waals surface area contributed by atoms with E-state index in [9.17, 15) is 9.90 Å². The summed E-state index contributed by atoms with van der Waals surface area (Å²) in [6, 6.07) is 9.68. The van der Waals surface area contributed by atoms with E-state index in [-0.39, 0.29) is 11.6 Å². The third kappa shape index (κ3) is 3.88. The fourth-order valence-electron chi connectivity index (χ4n) is 4.43. The highest BCUT2D eigenvalue weighted by Crippen LogP contribution is 2.28. The predicted molar refractivity (Wildman–Crippen MR) is 119 cm³/mol. The largest absolute Gasteiger partial charge is 0.391 e. The highest BCUT2D eigenvalue weighted by Gasteiger charge is 2.26. The van der Waals surface area contributed by atoms with Crippen LogP contribution in [-0.4, -0.2) is 35.5 Å². The van der Waals surface area contributed by atoms with Crippen molar-refractivity contribution in [2.45, 2.75) is 44.2 Å². The van der Waals surface area contributed by atoms with Crippen molar-refractivity contribution in [1.29, 1.82) is 0 Å². The lowest BCUT2D eigenvalue weighted by Gasteiger charge is -2.29. The van der Waals surface area contributed by atoms with Crippen LogP contribution in [0.25, 0.3) is 22.2 Å². The summed E-state index contributed by atoms with van der Waals surface area (Å²) in [5.41, 5.74) is 4.57. The number of benzene rings is 1. The van der Waals surface area contributed by atoms with Crippen LogP contribution in [0, 0.1) is 0 Å². The van der Waals surface area contributed by atoms with E-state index < -0.39 is 6.10 Å². The van der Waals surface area contributed by atoms with Crippen molar-refractivity contribution in [1.82, 2.24) is 24.3 Å². The van der Waals surface area contributed by atoms with Gasteiger partial charge >= 0.3 is 0 Å². The Bertz CT molecular complexity index is 1280. The summed E-state index contributed by atoms with van der Waals surface area (Å²) in [6.07, 6.45) is 10.9. The number of hydrogen-bond acceptors (Lipinski definition) is 5. The zero-order valence-corrected chi connectivity index (χ0v) is 17.5. The zero-order valence-electron chi connectivity index (χ0n) is 17.5. The van der Waals surface area contributed by atoms with E-state index in [1.54, 1.807) is 21.8 Å². The van der Waals surface area contributed by atoms with Gasteiger partial charge in [0.2, 0.25) is 0 Å². The molecule has 5 rings (SSSR count). The number of aromatic nitrogens is 5. The number of hydrogen-bond donors (Lipinski definition) is 1. The molecule has 31 heavy (non-hydrogen) atoms. The molecule has 2 atom stereocenters. The van der Waals surface area contributed by atoms with Gasteiger partial charge < -0.3 is 5.11 Å². The first-order valence-corrected chi connectivity index (χ1v) is 10.7. The summed E-state index contributed by atoms with van der Waals surface area (Å²) < 4.78 is 3.38. The summed E-state index contributed by atoms with van der Waals surface area (Å²) in [7, 11) is 1.88. The highest BCUT2D eigenvalue weighted by molar-refractivity contribution is 5.78. The Balaban J connectivity index is 1.42. The number of aliphatic hydroxyl groups is 1. The average molecular weight is 415 g/mol. The number of rotatable bonds is 4. The molecule has 0 bridgehead atoms. The van der Waals surface area contributed by atoms with Crippen molar-refractivity contribution in [3.8, 4) is 11.3 Å². The molecule has 3 heterocycles. The molecule has 0 amide bonds. The molecular formula is C24H25N5O2. The van der Waals surface area contributed by atoms with Crippen LogP contribution in [0.15, 0.2) is 60.0 Å². The maximum absolute atomic E-state index is 13.2. The summed E-state index contributed by atoms with van der Waals surface area (Å²) in [5.74, 6) is 0. The third-order valence-electron chi connectivity index (χ3n) is 6.13. The molecule has 4 aromatic rings. The minimum Gasteiger partial charge on any atom is -0.391 e. The molecule has 0 spiro atoms. The van der Waals surface area contributed by atoms with Crippen molar-refractivity contribution in [2.75, 3.05) is 0 Å². The monoisotopic (exact) mass is 415 g/mol. The Labute approximate surface area is 180 Å². The molecule has 1 N–H and O–H groups in total. The van der Waals surface area contributed by atoms with Crippen LogP contribution < -0.4 is 5.56 Å². The zero-order chi connectivity index (χ0) is 21.4. The Morgan fingerprint density at radius 3 is 2.65 bits per heavy atom. The van der Waals surface area contributed by atoms with Crippen molar-refractivity contribution in [3.63, 3.8) is 0 Å². The van der Waals surface area contributed by atoms with E-state index in [1.807, 2.05) is 43.7 Å². The van der Waals surface area contributed by atoms with E-state index in [0.29, 0.717) is 17.3 Å². The van der Waals surface area contributed by atoms with Gasteiger partial charge in [-0.25, -0.2) is 4.98 Å². The number of aliphatic hydroxyl groups excluding tert-OH is 1. The second-order valence-corrected chi connectivity index (χ2v) is 8.36.